The maximum Gasteiger partial charge on any atom is 0.234 e. The van der Waals surface area contributed by atoms with Gasteiger partial charge >= 0.3 is 0 Å². The Balaban J connectivity index is 1.49. The lowest BCUT2D eigenvalue weighted by Gasteiger charge is -2.26. The lowest BCUT2D eigenvalue weighted by atomic mass is 10.2. The van der Waals surface area contributed by atoms with Crippen LogP contribution >= 0.6 is 0 Å². The van der Waals surface area contributed by atoms with Crippen molar-refractivity contribution >= 4 is 11.8 Å². The number of amides is 2. The van der Waals surface area contributed by atoms with Crippen LogP contribution in [0.2, 0.25) is 0 Å². The Morgan fingerprint density at radius 3 is 2.79 bits per heavy atom. The van der Waals surface area contributed by atoms with E-state index < -0.39 is 0 Å². The molecule has 0 aromatic carbocycles. The first-order chi connectivity index (χ1) is 11.5. The number of hydrogen-bond donors (Lipinski definition) is 1. The first kappa shape index (κ1) is 16.9. The monoisotopic (exact) mass is 335 g/mol. The highest BCUT2D eigenvalue weighted by atomic mass is 16.5. The predicted molar refractivity (Wildman–Crippen MR) is 85.8 cm³/mol. The quantitative estimate of drug-likeness (QED) is 0.772. The Morgan fingerprint density at radius 2 is 2.17 bits per heavy atom. The van der Waals surface area contributed by atoms with Crippen molar-refractivity contribution in [2.75, 3.05) is 26.2 Å². The highest BCUT2D eigenvalue weighted by Crippen LogP contribution is 2.27. The van der Waals surface area contributed by atoms with Crippen LogP contribution in [0.3, 0.4) is 0 Å². The van der Waals surface area contributed by atoms with E-state index in [1.165, 1.54) is 12.8 Å². The van der Waals surface area contributed by atoms with Gasteiger partial charge in [-0.15, -0.1) is 0 Å². The van der Waals surface area contributed by atoms with E-state index in [-0.39, 0.29) is 17.9 Å². The van der Waals surface area contributed by atoms with Crippen LogP contribution in [-0.2, 0) is 16.1 Å². The van der Waals surface area contributed by atoms with Gasteiger partial charge in [-0.2, -0.15) is 4.98 Å². The molecule has 0 spiro atoms. The van der Waals surface area contributed by atoms with Gasteiger partial charge in [0, 0.05) is 39.5 Å². The van der Waals surface area contributed by atoms with E-state index in [1.54, 1.807) is 18.7 Å². The summed E-state index contributed by atoms with van der Waals surface area (Å²) in [4.78, 5) is 32.0. The zero-order valence-electron chi connectivity index (χ0n) is 14.3. The molecule has 1 aliphatic heterocycles. The van der Waals surface area contributed by atoms with Gasteiger partial charge in [-0.25, -0.2) is 0 Å². The standard InChI is InChI=1S/C16H25N5O3/c1-11-18-15(19-24-11)9-21(12(2)22)14-5-6-20(8-14)10-16(23)17-7-13-3-4-13/h13-14H,3-10H2,1-2H3,(H,17,23)/t14-/m1/s1. The summed E-state index contributed by atoms with van der Waals surface area (Å²) in [6, 6.07) is 0.0811. The fraction of sp³-hybridized carbons (Fsp3) is 0.750. The van der Waals surface area contributed by atoms with Crippen LogP contribution in [0.25, 0.3) is 0 Å². The summed E-state index contributed by atoms with van der Waals surface area (Å²) in [5, 5.41) is 6.85. The van der Waals surface area contributed by atoms with Crippen molar-refractivity contribution in [3.05, 3.63) is 11.7 Å². The van der Waals surface area contributed by atoms with Crippen molar-refractivity contribution in [1.82, 2.24) is 25.3 Å². The zero-order valence-corrected chi connectivity index (χ0v) is 14.3. The van der Waals surface area contributed by atoms with E-state index in [9.17, 15) is 9.59 Å². The number of carbonyl (C=O) groups is 2. The molecular weight excluding hydrogens is 310 g/mol. The number of likely N-dealkylation sites (tertiary alicyclic amines) is 1. The molecule has 2 heterocycles. The summed E-state index contributed by atoms with van der Waals surface area (Å²) in [6.45, 7) is 6.34. The Bertz CT molecular complexity index is 598. The van der Waals surface area contributed by atoms with Crippen molar-refractivity contribution < 1.29 is 14.1 Å². The molecule has 2 fully saturated rings. The molecule has 24 heavy (non-hydrogen) atoms. The van der Waals surface area contributed by atoms with Crippen molar-refractivity contribution in [3.8, 4) is 0 Å². The average molecular weight is 335 g/mol. The smallest absolute Gasteiger partial charge is 0.234 e. The third kappa shape index (κ3) is 4.53. The molecule has 2 amide bonds. The first-order valence-electron chi connectivity index (χ1n) is 8.56. The van der Waals surface area contributed by atoms with Gasteiger partial charge in [-0.05, 0) is 25.2 Å². The maximum absolute atomic E-state index is 12.0. The van der Waals surface area contributed by atoms with E-state index in [2.05, 4.69) is 20.4 Å². The zero-order chi connectivity index (χ0) is 17.1. The molecule has 1 saturated carbocycles. The van der Waals surface area contributed by atoms with E-state index in [0.29, 0.717) is 37.3 Å². The molecule has 1 aromatic rings. The Labute approximate surface area is 141 Å². The van der Waals surface area contributed by atoms with Crippen molar-refractivity contribution in [2.45, 2.75) is 45.7 Å². The van der Waals surface area contributed by atoms with Crippen LogP contribution in [0, 0.1) is 12.8 Å². The van der Waals surface area contributed by atoms with Gasteiger partial charge in [0.05, 0.1) is 13.1 Å². The fourth-order valence-electron chi connectivity index (χ4n) is 3.10. The van der Waals surface area contributed by atoms with Crippen LogP contribution in [0.1, 0.15) is 37.9 Å². The van der Waals surface area contributed by atoms with E-state index >= 15 is 0 Å². The Morgan fingerprint density at radius 1 is 1.38 bits per heavy atom. The molecule has 8 nitrogen and oxygen atoms in total. The number of aryl methyl sites for hydroxylation is 1. The van der Waals surface area contributed by atoms with E-state index in [1.807, 2.05) is 0 Å². The average Bonchev–Trinajstić information content (AvgIpc) is 3.11. The molecule has 0 bridgehead atoms. The molecular formula is C16H25N5O3. The number of nitrogens with one attached hydrogen (secondary N) is 1. The number of rotatable bonds is 7. The SMILES string of the molecule is CC(=O)N(Cc1noc(C)n1)[C@@H]1CCN(CC(=O)NCC2CC2)C1. The molecule has 0 radical (unpaired) electrons. The lowest BCUT2D eigenvalue weighted by molar-refractivity contribution is -0.131. The highest BCUT2D eigenvalue weighted by molar-refractivity contribution is 5.78. The number of nitrogens with zero attached hydrogens (tertiary/aromatic N) is 4. The molecule has 1 N–H and O–H groups in total. The minimum absolute atomic E-state index is 0.0116. The minimum Gasteiger partial charge on any atom is -0.355 e. The van der Waals surface area contributed by atoms with Gasteiger partial charge in [-0.1, -0.05) is 5.16 Å². The highest BCUT2D eigenvalue weighted by Gasteiger charge is 2.31. The molecule has 1 aromatic heterocycles. The van der Waals surface area contributed by atoms with Crippen LogP contribution < -0.4 is 5.32 Å². The van der Waals surface area contributed by atoms with Gasteiger partial charge in [0.25, 0.3) is 0 Å². The molecule has 1 aliphatic carbocycles. The van der Waals surface area contributed by atoms with Gasteiger partial charge in [-0.3, -0.25) is 14.5 Å². The third-order valence-electron chi connectivity index (χ3n) is 4.63. The first-order valence-corrected chi connectivity index (χ1v) is 8.56. The van der Waals surface area contributed by atoms with Crippen molar-refractivity contribution in [3.63, 3.8) is 0 Å². The summed E-state index contributed by atoms with van der Waals surface area (Å²) in [5.74, 6) is 1.76. The van der Waals surface area contributed by atoms with Gasteiger partial charge in [0.1, 0.15) is 0 Å². The van der Waals surface area contributed by atoms with Gasteiger partial charge in [0.2, 0.25) is 17.7 Å². The van der Waals surface area contributed by atoms with E-state index in [0.717, 1.165) is 19.5 Å². The topological polar surface area (TPSA) is 91.6 Å². The molecule has 0 unspecified atom stereocenters. The van der Waals surface area contributed by atoms with Crippen LogP contribution in [-0.4, -0.2) is 64.0 Å². The Kier molecular flexibility index (Phi) is 5.13. The second-order valence-electron chi connectivity index (χ2n) is 6.80. The fourth-order valence-corrected chi connectivity index (χ4v) is 3.10. The molecule has 2 aliphatic rings. The lowest BCUT2D eigenvalue weighted by Crippen LogP contribution is -2.42. The summed E-state index contributed by atoms with van der Waals surface area (Å²) in [6.07, 6.45) is 3.32. The summed E-state index contributed by atoms with van der Waals surface area (Å²) in [7, 11) is 0. The number of carbonyl (C=O) groups excluding carboxylic acids is 2. The maximum atomic E-state index is 12.0. The van der Waals surface area contributed by atoms with Crippen LogP contribution in [0.5, 0.6) is 0 Å². The molecule has 1 atom stereocenters. The van der Waals surface area contributed by atoms with Gasteiger partial charge < -0.3 is 14.7 Å². The van der Waals surface area contributed by atoms with Crippen LogP contribution in [0.4, 0.5) is 0 Å². The number of hydrogen-bond acceptors (Lipinski definition) is 6. The summed E-state index contributed by atoms with van der Waals surface area (Å²) in [5.41, 5.74) is 0. The van der Waals surface area contributed by atoms with Crippen LogP contribution in [0.15, 0.2) is 4.52 Å². The third-order valence-corrected chi connectivity index (χ3v) is 4.63. The number of aromatic nitrogens is 2. The Hall–Kier alpha value is -1.96. The molecule has 1 saturated heterocycles. The second-order valence-corrected chi connectivity index (χ2v) is 6.80. The van der Waals surface area contributed by atoms with E-state index in [4.69, 9.17) is 4.52 Å². The summed E-state index contributed by atoms with van der Waals surface area (Å²) < 4.78 is 4.97. The van der Waals surface area contributed by atoms with Crippen molar-refractivity contribution in [2.24, 2.45) is 5.92 Å². The normalized spacial score (nSPS) is 21.0. The molecule has 3 rings (SSSR count). The largest absolute Gasteiger partial charge is 0.355 e. The second kappa shape index (κ2) is 7.29. The minimum atomic E-state index is -0.0116. The molecule has 8 heteroatoms. The molecule has 132 valence electrons. The predicted octanol–water partition coefficient (Wildman–Crippen LogP) is 0.327. The van der Waals surface area contributed by atoms with Crippen molar-refractivity contribution in [1.29, 1.82) is 0 Å². The van der Waals surface area contributed by atoms with Gasteiger partial charge in [0.15, 0.2) is 5.82 Å². The summed E-state index contributed by atoms with van der Waals surface area (Å²) >= 11 is 0.